The fourth-order valence-electron chi connectivity index (χ4n) is 5.03. The molecule has 3 rings (SSSR count). The molecule has 0 nitrogen and oxygen atoms in total. The topological polar surface area (TPSA) is 0 Å². The van der Waals surface area contributed by atoms with Gasteiger partial charge in [0.05, 0.1) is 5.56 Å². The van der Waals surface area contributed by atoms with Crippen molar-refractivity contribution in [3.8, 4) is 11.8 Å². The van der Waals surface area contributed by atoms with E-state index in [1.165, 1.54) is 57.1 Å². The van der Waals surface area contributed by atoms with Gasteiger partial charge in [-0.1, -0.05) is 56.2 Å². The summed E-state index contributed by atoms with van der Waals surface area (Å²) in [5.74, 6) is 9.12. The van der Waals surface area contributed by atoms with E-state index in [2.05, 4.69) is 30.9 Å². The molecule has 0 N–H and O–H groups in total. The summed E-state index contributed by atoms with van der Waals surface area (Å²) in [6.45, 7) is 2.27. The molecule has 0 aliphatic heterocycles. The van der Waals surface area contributed by atoms with Crippen molar-refractivity contribution in [3.63, 3.8) is 0 Å². The molecule has 0 atom stereocenters. The molecular weight excluding hydrogens is 381 g/mol. The molecule has 0 aromatic heterocycles. The van der Waals surface area contributed by atoms with Crippen molar-refractivity contribution >= 4 is 0 Å². The summed E-state index contributed by atoms with van der Waals surface area (Å²) in [7, 11) is 0. The van der Waals surface area contributed by atoms with Crippen molar-refractivity contribution in [2.45, 2.75) is 89.6 Å². The highest BCUT2D eigenvalue weighted by atomic mass is 19.4. The van der Waals surface area contributed by atoms with Crippen LogP contribution in [0.15, 0.2) is 36.4 Å². The Morgan fingerprint density at radius 1 is 0.933 bits per heavy atom. The van der Waals surface area contributed by atoms with Crippen molar-refractivity contribution in [2.75, 3.05) is 0 Å². The van der Waals surface area contributed by atoms with Crippen molar-refractivity contribution in [2.24, 2.45) is 17.8 Å². The normalized spacial score (nSPS) is 27.6. The summed E-state index contributed by atoms with van der Waals surface area (Å²) in [5, 5.41) is 0. The van der Waals surface area contributed by atoms with E-state index in [1.807, 2.05) is 0 Å². The summed E-state index contributed by atoms with van der Waals surface area (Å²) < 4.78 is 38.2. The summed E-state index contributed by atoms with van der Waals surface area (Å²) in [5.41, 5.74) is 0.468. The van der Waals surface area contributed by atoms with Crippen molar-refractivity contribution in [1.29, 1.82) is 0 Å². The number of allylic oxidation sites excluding steroid dienone is 2. The van der Waals surface area contributed by atoms with Gasteiger partial charge < -0.3 is 0 Å². The first kappa shape index (κ1) is 23.0. The Hall–Kier alpha value is -1.69. The second-order valence-corrected chi connectivity index (χ2v) is 9.24. The Morgan fingerprint density at radius 3 is 2.20 bits per heavy atom. The smallest absolute Gasteiger partial charge is 0.166 e. The van der Waals surface area contributed by atoms with E-state index in [1.54, 1.807) is 12.1 Å². The molecule has 0 radical (unpaired) electrons. The lowest BCUT2D eigenvalue weighted by Crippen LogP contribution is -2.13. The van der Waals surface area contributed by atoms with Crippen LogP contribution >= 0.6 is 0 Å². The maximum Gasteiger partial charge on any atom is 0.416 e. The van der Waals surface area contributed by atoms with Crippen LogP contribution in [0.4, 0.5) is 13.2 Å². The quantitative estimate of drug-likeness (QED) is 0.422. The van der Waals surface area contributed by atoms with Crippen LogP contribution in [-0.4, -0.2) is 0 Å². The Kier molecular flexibility index (Phi) is 8.49. The molecule has 0 bridgehead atoms. The predicted octanol–water partition coefficient (Wildman–Crippen LogP) is 8.54. The van der Waals surface area contributed by atoms with Crippen molar-refractivity contribution in [1.82, 2.24) is 0 Å². The van der Waals surface area contributed by atoms with Gasteiger partial charge in [-0.05, 0) is 92.9 Å². The zero-order chi connectivity index (χ0) is 21.4. The van der Waals surface area contributed by atoms with Crippen molar-refractivity contribution in [3.05, 3.63) is 47.5 Å². The third-order valence-corrected chi connectivity index (χ3v) is 7.03. The van der Waals surface area contributed by atoms with E-state index in [9.17, 15) is 13.2 Å². The Labute approximate surface area is 180 Å². The molecule has 0 spiro atoms. The van der Waals surface area contributed by atoms with Gasteiger partial charge in [0.1, 0.15) is 0 Å². The summed E-state index contributed by atoms with van der Waals surface area (Å²) in [6.07, 6.45) is 13.7. The molecule has 2 fully saturated rings. The minimum atomic E-state index is -4.26. The van der Waals surface area contributed by atoms with Gasteiger partial charge in [0, 0.05) is 5.92 Å². The summed E-state index contributed by atoms with van der Waals surface area (Å²) in [6, 6.07) is 5.73. The van der Waals surface area contributed by atoms with Crippen molar-refractivity contribution < 1.29 is 13.2 Å². The average Bonchev–Trinajstić information content (AvgIpc) is 2.76. The Bertz CT molecular complexity index is 716. The molecule has 1 aromatic carbocycles. The van der Waals surface area contributed by atoms with Crippen LogP contribution in [0.3, 0.4) is 0 Å². The molecule has 0 unspecified atom stereocenters. The second-order valence-electron chi connectivity index (χ2n) is 9.24. The first-order valence-electron chi connectivity index (χ1n) is 11.8. The maximum absolute atomic E-state index is 12.7. The van der Waals surface area contributed by atoms with E-state index in [-0.39, 0.29) is 0 Å². The van der Waals surface area contributed by atoms with Gasteiger partial charge in [-0.2, -0.15) is 13.2 Å². The zero-order valence-electron chi connectivity index (χ0n) is 18.2. The molecule has 2 aliphatic carbocycles. The van der Waals surface area contributed by atoms with Crippen LogP contribution in [0.5, 0.6) is 0 Å². The van der Waals surface area contributed by atoms with Crippen LogP contribution in [0.25, 0.3) is 0 Å². The van der Waals surface area contributed by atoms with E-state index < -0.39 is 11.7 Å². The lowest BCUT2D eigenvalue weighted by molar-refractivity contribution is -0.137. The average molecular weight is 417 g/mol. The zero-order valence-corrected chi connectivity index (χ0v) is 18.2. The van der Waals surface area contributed by atoms with Crippen LogP contribution in [0.2, 0.25) is 0 Å². The molecule has 30 heavy (non-hydrogen) atoms. The van der Waals surface area contributed by atoms with Crippen LogP contribution in [-0.2, 0) is 6.18 Å². The number of halogens is 3. The third kappa shape index (κ3) is 6.93. The number of hydrogen-bond acceptors (Lipinski definition) is 0. The lowest BCUT2D eigenvalue weighted by Gasteiger charge is -2.26. The number of unbranched alkanes of at least 4 members (excludes halogenated alkanes) is 1. The summed E-state index contributed by atoms with van der Waals surface area (Å²) >= 11 is 0. The van der Waals surface area contributed by atoms with Gasteiger partial charge in [-0.25, -0.2) is 0 Å². The van der Waals surface area contributed by atoms with Crippen LogP contribution < -0.4 is 0 Å². The lowest BCUT2D eigenvalue weighted by atomic mass is 9.78. The first-order chi connectivity index (χ1) is 14.5. The Balaban J connectivity index is 1.39. The third-order valence-electron chi connectivity index (χ3n) is 7.03. The van der Waals surface area contributed by atoms with E-state index >= 15 is 0 Å². The van der Waals surface area contributed by atoms with E-state index in [4.69, 9.17) is 0 Å². The number of hydrogen-bond donors (Lipinski definition) is 0. The predicted molar refractivity (Wildman–Crippen MR) is 118 cm³/mol. The van der Waals surface area contributed by atoms with Gasteiger partial charge in [0.2, 0.25) is 0 Å². The largest absolute Gasteiger partial charge is 0.416 e. The fraction of sp³-hybridized carbons (Fsp3) is 0.630. The van der Waals surface area contributed by atoms with E-state index in [0.29, 0.717) is 17.8 Å². The molecule has 0 heterocycles. The van der Waals surface area contributed by atoms with Gasteiger partial charge >= 0.3 is 6.18 Å². The molecule has 2 saturated carbocycles. The molecule has 3 heteroatoms. The molecule has 1 aromatic rings. The van der Waals surface area contributed by atoms with Gasteiger partial charge in [0.25, 0.3) is 0 Å². The molecular formula is C27H35F3. The number of alkyl halides is 3. The minimum absolute atomic E-state index is 0.365. The van der Waals surface area contributed by atoms with Gasteiger partial charge in [-0.15, -0.1) is 0 Å². The summed E-state index contributed by atoms with van der Waals surface area (Å²) in [4.78, 5) is 0. The molecule has 2 aliphatic rings. The second kappa shape index (κ2) is 11.1. The van der Waals surface area contributed by atoms with Gasteiger partial charge in [-0.3, -0.25) is 0 Å². The minimum Gasteiger partial charge on any atom is -0.166 e. The molecule has 164 valence electrons. The number of benzene rings is 1. The Morgan fingerprint density at radius 2 is 1.60 bits per heavy atom. The highest BCUT2D eigenvalue weighted by Crippen LogP contribution is 2.37. The maximum atomic E-state index is 12.7. The first-order valence-corrected chi connectivity index (χ1v) is 11.8. The van der Waals surface area contributed by atoms with Gasteiger partial charge in [0.15, 0.2) is 0 Å². The van der Waals surface area contributed by atoms with Crippen LogP contribution in [0.1, 0.15) is 94.6 Å². The highest BCUT2D eigenvalue weighted by molar-refractivity contribution is 5.28. The molecule has 0 amide bonds. The highest BCUT2D eigenvalue weighted by Gasteiger charge is 2.30. The SMILES string of the molecule is CCCC[C@H]1CC[C@H](C=CC#C[C@H]2CC[C@H](c3ccc(C(F)(F)F)cc3)CC2)CC1. The fourth-order valence-corrected chi connectivity index (χ4v) is 5.03. The number of rotatable bonds is 5. The van der Waals surface area contributed by atoms with Crippen LogP contribution in [0, 0.1) is 29.6 Å². The standard InChI is InChI=1S/C27H35F3/c1-2-3-6-21-9-11-22(12-10-21)7-4-5-8-23-13-15-24(16-14-23)25-17-19-26(20-18-25)27(28,29)30/h4,7,17-24H,2-3,6,9-16H2,1H3/t21-,22-,23-,24-. The molecule has 0 saturated heterocycles. The van der Waals surface area contributed by atoms with E-state index in [0.717, 1.165) is 37.2 Å². The monoisotopic (exact) mass is 416 g/mol.